The Balaban J connectivity index is 2.98. The fourth-order valence-corrected chi connectivity index (χ4v) is 1.44. The van der Waals surface area contributed by atoms with Gasteiger partial charge in [0, 0.05) is 19.3 Å². The van der Waals surface area contributed by atoms with E-state index in [0.717, 1.165) is 26.2 Å². The van der Waals surface area contributed by atoms with Crippen LogP contribution in [0.1, 0.15) is 52.9 Å². The van der Waals surface area contributed by atoms with Crippen molar-refractivity contribution in [3.05, 3.63) is 0 Å². The molecule has 2 nitrogen and oxygen atoms in total. The molecule has 0 rings (SSSR count). The lowest BCUT2D eigenvalue weighted by atomic mass is 10.2. The summed E-state index contributed by atoms with van der Waals surface area (Å²) in [7, 11) is 0. The largest absolute Gasteiger partial charge is 0.381 e. The molecule has 0 aliphatic carbocycles. The zero-order valence-corrected chi connectivity index (χ0v) is 10.1. The predicted octanol–water partition coefficient (Wildman–Crippen LogP) is 2.97. The van der Waals surface area contributed by atoms with Gasteiger partial charge in [0.1, 0.15) is 0 Å². The molecular weight excluding hydrogens is 174 g/mol. The third-order valence-electron chi connectivity index (χ3n) is 2.39. The van der Waals surface area contributed by atoms with Gasteiger partial charge in [0.25, 0.3) is 0 Å². The summed E-state index contributed by atoms with van der Waals surface area (Å²) in [5.74, 6) is 0. The Morgan fingerprint density at radius 1 is 1.07 bits per heavy atom. The molecule has 0 bridgehead atoms. The number of rotatable bonds is 10. The molecule has 14 heavy (non-hydrogen) atoms. The Labute approximate surface area is 89.4 Å². The lowest BCUT2D eigenvalue weighted by molar-refractivity contribution is 0.121. The van der Waals surface area contributed by atoms with E-state index in [-0.39, 0.29) is 0 Å². The average Bonchev–Trinajstić information content (AvgIpc) is 2.17. The zero-order valence-electron chi connectivity index (χ0n) is 10.1. The van der Waals surface area contributed by atoms with Crippen molar-refractivity contribution in [1.29, 1.82) is 0 Å². The molecule has 0 aliphatic rings. The van der Waals surface area contributed by atoms with Crippen molar-refractivity contribution in [2.24, 2.45) is 0 Å². The fourth-order valence-electron chi connectivity index (χ4n) is 1.44. The van der Waals surface area contributed by atoms with E-state index in [1.54, 1.807) is 0 Å². The number of hydrogen-bond donors (Lipinski definition) is 1. The summed E-state index contributed by atoms with van der Waals surface area (Å²) in [4.78, 5) is 0. The van der Waals surface area contributed by atoms with Crippen LogP contribution in [0.5, 0.6) is 0 Å². The van der Waals surface area contributed by atoms with Crippen molar-refractivity contribution in [2.75, 3.05) is 19.8 Å². The van der Waals surface area contributed by atoms with E-state index < -0.39 is 0 Å². The quantitative estimate of drug-likeness (QED) is 0.549. The standard InChI is InChI=1S/C12H27NO/c1-4-6-7-8-10-14-11-9-12(3)13-5-2/h12-13H,4-11H2,1-3H3. The van der Waals surface area contributed by atoms with Gasteiger partial charge in [-0.05, 0) is 26.3 Å². The summed E-state index contributed by atoms with van der Waals surface area (Å²) in [5.41, 5.74) is 0. The maximum Gasteiger partial charge on any atom is 0.0480 e. The van der Waals surface area contributed by atoms with E-state index in [1.165, 1.54) is 25.7 Å². The van der Waals surface area contributed by atoms with Gasteiger partial charge in [-0.25, -0.2) is 0 Å². The van der Waals surface area contributed by atoms with Crippen molar-refractivity contribution in [3.8, 4) is 0 Å². The molecule has 0 heterocycles. The van der Waals surface area contributed by atoms with Gasteiger partial charge in [0.2, 0.25) is 0 Å². The van der Waals surface area contributed by atoms with Crippen molar-refractivity contribution < 1.29 is 4.74 Å². The molecule has 0 saturated carbocycles. The lowest BCUT2D eigenvalue weighted by Gasteiger charge is -2.11. The SMILES string of the molecule is CCCCCCOCCC(C)NCC. The molecule has 1 unspecified atom stereocenters. The Morgan fingerprint density at radius 2 is 1.86 bits per heavy atom. The molecule has 0 spiro atoms. The maximum absolute atomic E-state index is 5.56. The summed E-state index contributed by atoms with van der Waals surface area (Å²) in [6.07, 6.45) is 6.32. The van der Waals surface area contributed by atoms with Gasteiger partial charge in [-0.2, -0.15) is 0 Å². The first-order chi connectivity index (χ1) is 6.81. The summed E-state index contributed by atoms with van der Waals surface area (Å²) in [6.45, 7) is 9.49. The van der Waals surface area contributed by atoms with Gasteiger partial charge in [-0.15, -0.1) is 0 Å². The first-order valence-corrected chi connectivity index (χ1v) is 6.12. The van der Waals surface area contributed by atoms with Crippen LogP contribution < -0.4 is 5.32 Å². The highest BCUT2D eigenvalue weighted by atomic mass is 16.5. The van der Waals surface area contributed by atoms with Crippen LogP contribution in [0.25, 0.3) is 0 Å². The second kappa shape index (κ2) is 11.0. The molecule has 1 N–H and O–H groups in total. The average molecular weight is 201 g/mol. The van der Waals surface area contributed by atoms with Crippen LogP contribution in [0.3, 0.4) is 0 Å². The topological polar surface area (TPSA) is 21.3 Å². The molecule has 2 heteroatoms. The molecule has 0 saturated heterocycles. The van der Waals surface area contributed by atoms with E-state index in [1.807, 2.05) is 0 Å². The number of ether oxygens (including phenoxy) is 1. The molecular formula is C12H27NO. The predicted molar refractivity (Wildman–Crippen MR) is 62.7 cm³/mol. The molecule has 0 aromatic rings. The van der Waals surface area contributed by atoms with Gasteiger partial charge in [0.15, 0.2) is 0 Å². The van der Waals surface area contributed by atoms with Gasteiger partial charge < -0.3 is 10.1 Å². The highest BCUT2D eigenvalue weighted by Crippen LogP contribution is 1.99. The van der Waals surface area contributed by atoms with Gasteiger partial charge in [-0.3, -0.25) is 0 Å². The van der Waals surface area contributed by atoms with Crippen molar-refractivity contribution in [2.45, 2.75) is 58.9 Å². The van der Waals surface area contributed by atoms with Crippen LogP contribution in [0, 0.1) is 0 Å². The Hall–Kier alpha value is -0.0800. The van der Waals surface area contributed by atoms with Gasteiger partial charge in [0.05, 0.1) is 0 Å². The van der Waals surface area contributed by atoms with Crippen LogP contribution in [-0.4, -0.2) is 25.8 Å². The van der Waals surface area contributed by atoms with Crippen LogP contribution in [-0.2, 0) is 4.74 Å². The van der Waals surface area contributed by atoms with Crippen LogP contribution >= 0.6 is 0 Å². The molecule has 86 valence electrons. The fraction of sp³-hybridized carbons (Fsp3) is 1.00. The lowest BCUT2D eigenvalue weighted by Crippen LogP contribution is -2.26. The molecule has 0 aromatic heterocycles. The van der Waals surface area contributed by atoms with Gasteiger partial charge >= 0.3 is 0 Å². The summed E-state index contributed by atoms with van der Waals surface area (Å²) >= 11 is 0. The van der Waals surface area contributed by atoms with Crippen molar-refractivity contribution in [1.82, 2.24) is 5.32 Å². The van der Waals surface area contributed by atoms with E-state index in [2.05, 4.69) is 26.1 Å². The van der Waals surface area contributed by atoms with Crippen molar-refractivity contribution in [3.63, 3.8) is 0 Å². The zero-order chi connectivity index (χ0) is 10.6. The second-order valence-electron chi connectivity index (χ2n) is 3.92. The summed E-state index contributed by atoms with van der Waals surface area (Å²) < 4.78 is 5.56. The molecule has 0 aromatic carbocycles. The number of hydrogen-bond acceptors (Lipinski definition) is 2. The minimum atomic E-state index is 0.593. The van der Waals surface area contributed by atoms with E-state index >= 15 is 0 Å². The van der Waals surface area contributed by atoms with Crippen LogP contribution in [0.4, 0.5) is 0 Å². The molecule has 0 fully saturated rings. The minimum absolute atomic E-state index is 0.593. The maximum atomic E-state index is 5.56. The van der Waals surface area contributed by atoms with Crippen molar-refractivity contribution >= 4 is 0 Å². The van der Waals surface area contributed by atoms with Crippen LogP contribution in [0.15, 0.2) is 0 Å². The number of nitrogens with one attached hydrogen (secondary N) is 1. The third-order valence-corrected chi connectivity index (χ3v) is 2.39. The molecule has 1 atom stereocenters. The minimum Gasteiger partial charge on any atom is -0.381 e. The Morgan fingerprint density at radius 3 is 2.50 bits per heavy atom. The second-order valence-corrected chi connectivity index (χ2v) is 3.92. The summed E-state index contributed by atoms with van der Waals surface area (Å²) in [6, 6.07) is 0.593. The molecule has 0 aliphatic heterocycles. The monoisotopic (exact) mass is 201 g/mol. The van der Waals surface area contributed by atoms with E-state index in [4.69, 9.17) is 4.74 Å². The highest BCUT2D eigenvalue weighted by molar-refractivity contribution is 4.57. The van der Waals surface area contributed by atoms with Crippen LogP contribution in [0.2, 0.25) is 0 Å². The van der Waals surface area contributed by atoms with E-state index in [0.29, 0.717) is 6.04 Å². The molecule has 0 amide bonds. The first kappa shape index (κ1) is 13.9. The normalized spacial score (nSPS) is 13.1. The third kappa shape index (κ3) is 10.0. The summed E-state index contributed by atoms with van der Waals surface area (Å²) in [5, 5.41) is 3.38. The Kier molecular flexibility index (Phi) is 10.9. The highest BCUT2D eigenvalue weighted by Gasteiger charge is 1.98. The number of unbranched alkanes of at least 4 members (excludes halogenated alkanes) is 3. The first-order valence-electron chi connectivity index (χ1n) is 6.12. The van der Waals surface area contributed by atoms with E-state index in [9.17, 15) is 0 Å². The van der Waals surface area contributed by atoms with Gasteiger partial charge in [-0.1, -0.05) is 33.1 Å². The Bertz CT molecular complexity index is 106. The molecule has 0 radical (unpaired) electrons. The smallest absolute Gasteiger partial charge is 0.0480 e.